The van der Waals surface area contributed by atoms with Crippen molar-refractivity contribution < 1.29 is 4.79 Å². The van der Waals surface area contributed by atoms with Gasteiger partial charge in [0.2, 0.25) is 0 Å². The predicted molar refractivity (Wildman–Crippen MR) is 89.2 cm³/mol. The lowest BCUT2D eigenvalue weighted by Crippen LogP contribution is -2.39. The summed E-state index contributed by atoms with van der Waals surface area (Å²) >= 11 is 5.85. The van der Waals surface area contributed by atoms with Gasteiger partial charge in [-0.05, 0) is 17.7 Å². The Morgan fingerprint density at radius 3 is 2.78 bits per heavy atom. The molecular formula is C16H20ClN5O. The number of carbonyl (C=O) groups is 1. The van der Waals surface area contributed by atoms with E-state index in [9.17, 15) is 4.79 Å². The molecule has 0 saturated carbocycles. The van der Waals surface area contributed by atoms with Gasteiger partial charge in [-0.3, -0.25) is 0 Å². The first-order valence-electron chi connectivity index (χ1n) is 7.53. The number of nitrogens with two attached hydrogens (primary N) is 1. The first-order chi connectivity index (χ1) is 11.0. The van der Waals surface area contributed by atoms with Crippen LogP contribution in [-0.2, 0) is 13.6 Å². The van der Waals surface area contributed by atoms with Crippen molar-refractivity contribution in [3.63, 3.8) is 0 Å². The average Bonchev–Trinajstić information content (AvgIpc) is 3.12. The van der Waals surface area contributed by atoms with E-state index in [1.165, 1.54) is 0 Å². The summed E-state index contributed by atoms with van der Waals surface area (Å²) in [5.41, 5.74) is 8.13. The van der Waals surface area contributed by atoms with Crippen LogP contribution in [0.25, 0.3) is 0 Å². The fraction of sp³-hybridized carbons (Fsp3) is 0.375. The number of likely N-dealkylation sites (tertiary alicyclic amines) is 1. The molecule has 1 fully saturated rings. The van der Waals surface area contributed by atoms with Gasteiger partial charge < -0.3 is 20.5 Å². The number of hydrogen-bond acceptors (Lipinski definition) is 3. The quantitative estimate of drug-likeness (QED) is 0.897. The van der Waals surface area contributed by atoms with Gasteiger partial charge in [-0.25, -0.2) is 9.78 Å². The second kappa shape index (κ2) is 6.60. The standard InChI is InChI=1S/C16H20ClN5O/c1-21-9-15(20-10-21)13-7-22(8-14(13)18)16(23)19-6-11-2-4-12(17)5-3-11/h2-5,9-10,13-14H,6-8,18H2,1H3,(H,19,23)/t13-,14-/m1/s1. The van der Waals surface area contributed by atoms with Crippen LogP contribution in [0.2, 0.25) is 5.02 Å². The lowest BCUT2D eigenvalue weighted by Gasteiger charge is -2.17. The first kappa shape index (κ1) is 15.8. The highest BCUT2D eigenvalue weighted by atomic mass is 35.5. The summed E-state index contributed by atoms with van der Waals surface area (Å²) < 4.78 is 1.89. The maximum absolute atomic E-state index is 12.3. The van der Waals surface area contributed by atoms with Crippen LogP contribution in [0.1, 0.15) is 17.2 Å². The number of carbonyl (C=O) groups excluding carboxylic acids is 1. The van der Waals surface area contributed by atoms with Crippen molar-refractivity contribution in [1.82, 2.24) is 19.8 Å². The number of benzene rings is 1. The minimum Gasteiger partial charge on any atom is -0.340 e. The normalized spacial score (nSPS) is 20.7. The summed E-state index contributed by atoms with van der Waals surface area (Å²) in [5.74, 6) is 0.0810. The number of rotatable bonds is 3. The van der Waals surface area contributed by atoms with E-state index < -0.39 is 0 Å². The highest BCUT2D eigenvalue weighted by Crippen LogP contribution is 2.25. The topological polar surface area (TPSA) is 76.2 Å². The fourth-order valence-corrected chi connectivity index (χ4v) is 2.95. The Bertz CT molecular complexity index is 684. The highest BCUT2D eigenvalue weighted by molar-refractivity contribution is 6.30. The minimum atomic E-state index is -0.103. The van der Waals surface area contributed by atoms with Crippen LogP contribution < -0.4 is 11.1 Å². The van der Waals surface area contributed by atoms with E-state index in [-0.39, 0.29) is 18.0 Å². The summed E-state index contributed by atoms with van der Waals surface area (Å²) in [6.07, 6.45) is 3.71. The van der Waals surface area contributed by atoms with Crippen molar-refractivity contribution in [3.05, 3.63) is 53.1 Å². The maximum Gasteiger partial charge on any atom is 0.317 e. The van der Waals surface area contributed by atoms with Gasteiger partial charge in [-0.15, -0.1) is 0 Å². The zero-order chi connectivity index (χ0) is 16.4. The van der Waals surface area contributed by atoms with Gasteiger partial charge in [-0.2, -0.15) is 0 Å². The van der Waals surface area contributed by atoms with Gasteiger partial charge in [0, 0.05) is 49.9 Å². The van der Waals surface area contributed by atoms with Crippen molar-refractivity contribution in [2.75, 3.05) is 13.1 Å². The molecule has 1 aromatic heterocycles. The molecule has 3 N–H and O–H groups in total. The Labute approximate surface area is 140 Å². The molecule has 1 aliphatic rings. The summed E-state index contributed by atoms with van der Waals surface area (Å²) in [7, 11) is 1.92. The van der Waals surface area contributed by atoms with E-state index in [0.717, 1.165) is 11.3 Å². The van der Waals surface area contributed by atoms with Crippen LogP contribution in [-0.4, -0.2) is 39.6 Å². The number of urea groups is 1. The van der Waals surface area contributed by atoms with Crippen molar-refractivity contribution in [2.45, 2.75) is 18.5 Å². The fourth-order valence-electron chi connectivity index (χ4n) is 2.82. The molecule has 1 aliphatic heterocycles. The molecule has 0 aliphatic carbocycles. The molecular weight excluding hydrogens is 314 g/mol. The first-order valence-corrected chi connectivity index (χ1v) is 7.91. The van der Waals surface area contributed by atoms with Crippen LogP contribution in [0.5, 0.6) is 0 Å². The molecule has 0 radical (unpaired) electrons. The summed E-state index contributed by atoms with van der Waals surface area (Å²) in [4.78, 5) is 18.4. The summed E-state index contributed by atoms with van der Waals surface area (Å²) in [5, 5.41) is 3.60. The lowest BCUT2D eigenvalue weighted by atomic mass is 10.0. The van der Waals surface area contributed by atoms with Gasteiger partial charge in [0.1, 0.15) is 0 Å². The van der Waals surface area contributed by atoms with Crippen molar-refractivity contribution in [3.8, 4) is 0 Å². The van der Waals surface area contributed by atoms with E-state index in [1.54, 1.807) is 11.2 Å². The largest absolute Gasteiger partial charge is 0.340 e. The molecule has 0 spiro atoms. The number of aromatic nitrogens is 2. The van der Waals surface area contributed by atoms with E-state index in [4.69, 9.17) is 17.3 Å². The monoisotopic (exact) mass is 333 g/mol. The number of hydrogen-bond donors (Lipinski definition) is 2. The van der Waals surface area contributed by atoms with Crippen LogP contribution >= 0.6 is 11.6 Å². The number of nitrogens with zero attached hydrogens (tertiary/aromatic N) is 3. The molecule has 7 heteroatoms. The Kier molecular flexibility index (Phi) is 4.54. The van der Waals surface area contributed by atoms with E-state index in [2.05, 4.69) is 10.3 Å². The molecule has 6 nitrogen and oxygen atoms in total. The third-order valence-electron chi connectivity index (χ3n) is 4.11. The molecule has 2 aromatic rings. The molecule has 2 amide bonds. The molecule has 122 valence electrons. The molecule has 0 bridgehead atoms. The van der Waals surface area contributed by atoms with Gasteiger partial charge >= 0.3 is 6.03 Å². The molecule has 0 unspecified atom stereocenters. The van der Waals surface area contributed by atoms with E-state index in [1.807, 2.05) is 42.1 Å². The Hall–Kier alpha value is -2.05. The van der Waals surface area contributed by atoms with E-state index in [0.29, 0.717) is 24.7 Å². The molecule has 2 heterocycles. The lowest BCUT2D eigenvalue weighted by molar-refractivity contribution is 0.207. The van der Waals surface area contributed by atoms with Crippen molar-refractivity contribution in [2.24, 2.45) is 12.8 Å². The smallest absolute Gasteiger partial charge is 0.317 e. The number of aryl methyl sites for hydroxylation is 1. The second-order valence-electron chi connectivity index (χ2n) is 5.92. The second-order valence-corrected chi connectivity index (χ2v) is 6.36. The van der Waals surface area contributed by atoms with E-state index >= 15 is 0 Å². The maximum atomic E-state index is 12.3. The molecule has 1 saturated heterocycles. The van der Waals surface area contributed by atoms with Crippen LogP contribution in [0.3, 0.4) is 0 Å². The Morgan fingerprint density at radius 2 is 2.13 bits per heavy atom. The molecule has 1 aromatic carbocycles. The molecule has 23 heavy (non-hydrogen) atoms. The zero-order valence-corrected chi connectivity index (χ0v) is 13.7. The number of imidazole rings is 1. The van der Waals surface area contributed by atoms with Crippen LogP contribution in [0.15, 0.2) is 36.8 Å². The third-order valence-corrected chi connectivity index (χ3v) is 4.37. The van der Waals surface area contributed by atoms with Crippen LogP contribution in [0, 0.1) is 0 Å². The third kappa shape index (κ3) is 3.65. The number of nitrogens with one attached hydrogen (secondary N) is 1. The van der Waals surface area contributed by atoms with Crippen molar-refractivity contribution >= 4 is 17.6 Å². The SMILES string of the molecule is Cn1cnc([C@@H]2CN(C(=O)NCc3ccc(Cl)cc3)C[C@H]2N)c1. The minimum absolute atomic E-state index is 0.0810. The number of halogens is 1. The summed E-state index contributed by atoms with van der Waals surface area (Å²) in [6, 6.07) is 7.22. The van der Waals surface area contributed by atoms with Gasteiger partial charge in [-0.1, -0.05) is 23.7 Å². The average molecular weight is 334 g/mol. The number of amides is 2. The Balaban J connectivity index is 1.57. The highest BCUT2D eigenvalue weighted by Gasteiger charge is 2.35. The molecule has 3 rings (SSSR count). The van der Waals surface area contributed by atoms with Crippen LogP contribution in [0.4, 0.5) is 4.79 Å². The van der Waals surface area contributed by atoms with Crippen molar-refractivity contribution in [1.29, 1.82) is 0 Å². The summed E-state index contributed by atoms with van der Waals surface area (Å²) in [6.45, 7) is 1.59. The Morgan fingerprint density at radius 1 is 1.39 bits per heavy atom. The zero-order valence-electron chi connectivity index (χ0n) is 12.9. The van der Waals surface area contributed by atoms with Gasteiger partial charge in [0.15, 0.2) is 0 Å². The molecule has 2 atom stereocenters. The van der Waals surface area contributed by atoms with Gasteiger partial charge in [0.25, 0.3) is 0 Å². The predicted octanol–water partition coefficient (Wildman–Crippen LogP) is 1.71. The van der Waals surface area contributed by atoms with Gasteiger partial charge in [0.05, 0.1) is 12.0 Å².